The number of hydrogen-bond acceptors (Lipinski definition) is 5. The van der Waals surface area contributed by atoms with Gasteiger partial charge in [0.2, 0.25) is 0 Å². The molecular weight excluding hydrogens is 363 g/mol. The maximum atomic E-state index is 13.9. The molecule has 1 amide bonds. The van der Waals surface area contributed by atoms with Crippen molar-refractivity contribution in [1.29, 1.82) is 0 Å². The first-order valence-electron chi connectivity index (χ1n) is 9.11. The Balaban J connectivity index is 1.60. The third kappa shape index (κ3) is 4.54. The van der Waals surface area contributed by atoms with E-state index in [0.29, 0.717) is 36.7 Å². The van der Waals surface area contributed by atoms with E-state index in [4.69, 9.17) is 14.2 Å². The van der Waals surface area contributed by atoms with Crippen LogP contribution >= 0.6 is 0 Å². The zero-order chi connectivity index (χ0) is 20.1. The molecule has 1 fully saturated rings. The van der Waals surface area contributed by atoms with E-state index < -0.39 is 0 Å². The summed E-state index contributed by atoms with van der Waals surface area (Å²) in [6, 6.07) is 10.2. The number of methoxy groups -OCH3 is 3. The molecule has 2 aromatic carbocycles. The van der Waals surface area contributed by atoms with Gasteiger partial charge in [0.25, 0.3) is 5.91 Å². The van der Waals surface area contributed by atoms with Crippen LogP contribution in [0.15, 0.2) is 36.4 Å². The van der Waals surface area contributed by atoms with Gasteiger partial charge < -0.3 is 19.1 Å². The summed E-state index contributed by atoms with van der Waals surface area (Å²) in [4.78, 5) is 16.9. The molecule has 150 valence electrons. The van der Waals surface area contributed by atoms with Crippen LogP contribution in [0.1, 0.15) is 15.9 Å². The minimum Gasteiger partial charge on any atom is -0.497 e. The second-order valence-corrected chi connectivity index (χ2v) is 6.64. The van der Waals surface area contributed by atoms with Crippen LogP contribution in [0.3, 0.4) is 0 Å². The third-order valence-electron chi connectivity index (χ3n) is 4.88. The lowest BCUT2D eigenvalue weighted by Crippen LogP contribution is -2.48. The average molecular weight is 388 g/mol. The van der Waals surface area contributed by atoms with Gasteiger partial charge >= 0.3 is 0 Å². The highest BCUT2D eigenvalue weighted by atomic mass is 19.1. The van der Waals surface area contributed by atoms with Gasteiger partial charge in [0.15, 0.2) is 11.6 Å². The van der Waals surface area contributed by atoms with Crippen LogP contribution in [0.5, 0.6) is 17.2 Å². The molecule has 7 heteroatoms. The van der Waals surface area contributed by atoms with Gasteiger partial charge in [0.1, 0.15) is 11.5 Å². The molecule has 1 heterocycles. The predicted molar refractivity (Wildman–Crippen MR) is 104 cm³/mol. The van der Waals surface area contributed by atoms with E-state index >= 15 is 0 Å². The molecule has 1 saturated heterocycles. The summed E-state index contributed by atoms with van der Waals surface area (Å²) >= 11 is 0. The van der Waals surface area contributed by atoms with Gasteiger partial charge in [-0.15, -0.1) is 0 Å². The fourth-order valence-corrected chi connectivity index (χ4v) is 3.29. The number of halogens is 1. The molecule has 0 radical (unpaired) electrons. The molecule has 2 aromatic rings. The van der Waals surface area contributed by atoms with Gasteiger partial charge in [0, 0.05) is 44.4 Å². The van der Waals surface area contributed by atoms with Crippen LogP contribution in [0.4, 0.5) is 4.39 Å². The molecular formula is C21H25FN2O4. The molecule has 1 aliphatic rings. The SMILES string of the molecule is COc1cc(OC)cc(C(=O)N2CCN(Cc3ccc(OC)c(F)c3)CC2)c1. The molecule has 0 saturated carbocycles. The first-order chi connectivity index (χ1) is 13.5. The van der Waals surface area contributed by atoms with Gasteiger partial charge in [-0.25, -0.2) is 4.39 Å². The Labute approximate surface area is 164 Å². The summed E-state index contributed by atoms with van der Waals surface area (Å²) in [7, 11) is 4.57. The number of carbonyl (C=O) groups excluding carboxylic acids is 1. The molecule has 0 N–H and O–H groups in total. The molecule has 1 aliphatic heterocycles. The normalized spacial score (nSPS) is 14.6. The second-order valence-electron chi connectivity index (χ2n) is 6.64. The standard InChI is InChI=1S/C21H25FN2O4/c1-26-17-11-16(12-18(13-17)27-2)21(25)24-8-6-23(7-9-24)14-15-4-5-20(28-3)19(22)10-15/h4-5,10-13H,6-9,14H2,1-3H3. The van der Waals surface area contributed by atoms with Crippen molar-refractivity contribution in [2.75, 3.05) is 47.5 Å². The van der Waals surface area contributed by atoms with Crippen LogP contribution in [-0.4, -0.2) is 63.2 Å². The predicted octanol–water partition coefficient (Wildman–Crippen LogP) is 2.81. The van der Waals surface area contributed by atoms with Crippen molar-refractivity contribution in [3.8, 4) is 17.2 Å². The molecule has 28 heavy (non-hydrogen) atoms. The Morgan fingerprint density at radius 1 is 0.929 bits per heavy atom. The quantitative estimate of drug-likeness (QED) is 0.762. The van der Waals surface area contributed by atoms with Crippen molar-refractivity contribution >= 4 is 5.91 Å². The Bertz CT molecular complexity index is 813. The summed E-state index contributed by atoms with van der Waals surface area (Å²) in [5.74, 6) is 1.01. The van der Waals surface area contributed by atoms with E-state index in [0.717, 1.165) is 18.7 Å². The van der Waals surface area contributed by atoms with Crippen LogP contribution < -0.4 is 14.2 Å². The highest BCUT2D eigenvalue weighted by Crippen LogP contribution is 2.24. The number of nitrogens with zero attached hydrogens (tertiary/aromatic N) is 2. The number of carbonyl (C=O) groups is 1. The number of piperazine rings is 1. The van der Waals surface area contributed by atoms with Gasteiger partial charge in [-0.05, 0) is 29.8 Å². The van der Waals surface area contributed by atoms with E-state index in [1.54, 1.807) is 38.5 Å². The Morgan fingerprint density at radius 3 is 2.11 bits per heavy atom. The van der Waals surface area contributed by atoms with Crippen molar-refractivity contribution < 1.29 is 23.4 Å². The average Bonchev–Trinajstić information content (AvgIpc) is 2.73. The number of ether oxygens (including phenoxy) is 3. The van der Waals surface area contributed by atoms with E-state index in [9.17, 15) is 9.18 Å². The molecule has 0 unspecified atom stereocenters. The van der Waals surface area contributed by atoms with Gasteiger partial charge in [0.05, 0.1) is 21.3 Å². The van der Waals surface area contributed by atoms with Crippen molar-refractivity contribution in [3.05, 3.63) is 53.3 Å². The first kappa shape index (κ1) is 19.9. The van der Waals surface area contributed by atoms with Crippen molar-refractivity contribution in [2.45, 2.75) is 6.54 Å². The van der Waals surface area contributed by atoms with E-state index in [1.165, 1.54) is 13.2 Å². The largest absolute Gasteiger partial charge is 0.497 e. The van der Waals surface area contributed by atoms with Crippen molar-refractivity contribution in [3.63, 3.8) is 0 Å². The highest BCUT2D eigenvalue weighted by molar-refractivity contribution is 5.95. The molecule has 6 nitrogen and oxygen atoms in total. The lowest BCUT2D eigenvalue weighted by Gasteiger charge is -2.35. The molecule has 0 aromatic heterocycles. The van der Waals surface area contributed by atoms with Crippen molar-refractivity contribution in [1.82, 2.24) is 9.80 Å². The maximum absolute atomic E-state index is 13.9. The van der Waals surface area contributed by atoms with E-state index in [1.807, 2.05) is 11.0 Å². The minimum absolute atomic E-state index is 0.0488. The molecule has 0 aliphatic carbocycles. The summed E-state index contributed by atoms with van der Waals surface area (Å²) in [6.45, 7) is 3.30. The Morgan fingerprint density at radius 2 is 1.57 bits per heavy atom. The number of amides is 1. The van der Waals surface area contributed by atoms with Crippen LogP contribution in [0, 0.1) is 5.82 Å². The van der Waals surface area contributed by atoms with Crippen LogP contribution in [0.2, 0.25) is 0 Å². The fraction of sp³-hybridized carbons (Fsp3) is 0.381. The number of rotatable bonds is 6. The highest BCUT2D eigenvalue weighted by Gasteiger charge is 2.23. The van der Waals surface area contributed by atoms with E-state index in [-0.39, 0.29) is 17.5 Å². The molecule has 3 rings (SSSR count). The first-order valence-corrected chi connectivity index (χ1v) is 9.11. The van der Waals surface area contributed by atoms with E-state index in [2.05, 4.69) is 4.90 Å². The Kier molecular flexibility index (Phi) is 6.36. The van der Waals surface area contributed by atoms with Gasteiger partial charge in [-0.3, -0.25) is 9.69 Å². The van der Waals surface area contributed by atoms with Gasteiger partial charge in [-0.2, -0.15) is 0 Å². The topological polar surface area (TPSA) is 51.2 Å². The molecule has 0 atom stereocenters. The molecule has 0 spiro atoms. The minimum atomic E-state index is -0.360. The van der Waals surface area contributed by atoms with Crippen LogP contribution in [-0.2, 0) is 6.54 Å². The third-order valence-corrected chi connectivity index (χ3v) is 4.88. The fourth-order valence-electron chi connectivity index (χ4n) is 3.29. The Hall–Kier alpha value is -2.80. The van der Waals surface area contributed by atoms with Crippen LogP contribution in [0.25, 0.3) is 0 Å². The lowest BCUT2D eigenvalue weighted by atomic mass is 10.1. The number of hydrogen-bond donors (Lipinski definition) is 0. The smallest absolute Gasteiger partial charge is 0.254 e. The second kappa shape index (κ2) is 8.93. The molecule has 0 bridgehead atoms. The monoisotopic (exact) mass is 388 g/mol. The summed E-state index contributed by atoms with van der Waals surface area (Å²) < 4.78 is 29.3. The lowest BCUT2D eigenvalue weighted by molar-refractivity contribution is 0.0627. The number of benzene rings is 2. The van der Waals surface area contributed by atoms with Crippen molar-refractivity contribution in [2.24, 2.45) is 0 Å². The summed E-state index contributed by atoms with van der Waals surface area (Å²) in [5, 5.41) is 0. The summed E-state index contributed by atoms with van der Waals surface area (Å²) in [6.07, 6.45) is 0. The van der Waals surface area contributed by atoms with Gasteiger partial charge in [-0.1, -0.05) is 6.07 Å². The summed E-state index contributed by atoms with van der Waals surface area (Å²) in [5.41, 5.74) is 1.43. The maximum Gasteiger partial charge on any atom is 0.254 e. The zero-order valence-electron chi connectivity index (χ0n) is 16.4. The zero-order valence-corrected chi connectivity index (χ0v) is 16.4.